The van der Waals surface area contributed by atoms with E-state index in [-0.39, 0.29) is 6.04 Å². The lowest BCUT2D eigenvalue weighted by molar-refractivity contribution is 0.620. The Morgan fingerprint density at radius 1 is 1.35 bits per heavy atom. The second-order valence-corrected chi connectivity index (χ2v) is 5.98. The maximum Gasteiger partial charge on any atom is 0.350 e. The molecule has 1 atom stereocenters. The van der Waals surface area contributed by atoms with Gasteiger partial charge in [-0.25, -0.2) is 4.79 Å². The lowest BCUT2D eigenvalue weighted by atomic mass is 10.1. The molecule has 0 saturated heterocycles. The van der Waals surface area contributed by atoms with E-state index in [9.17, 15) is 4.79 Å². The van der Waals surface area contributed by atoms with Gasteiger partial charge in [0.25, 0.3) is 3.92 Å². The minimum Gasteiger partial charge on any atom is -0.269 e. The molecule has 0 bridgehead atoms. The van der Waals surface area contributed by atoms with Crippen molar-refractivity contribution < 1.29 is 0 Å². The molecule has 0 fully saturated rings. The second kappa shape index (κ2) is 4.57. The van der Waals surface area contributed by atoms with E-state index < -0.39 is 9.61 Å². The molecule has 0 amide bonds. The Labute approximate surface area is 117 Å². The van der Waals surface area contributed by atoms with Gasteiger partial charge in [-0.05, 0) is 6.08 Å². The predicted octanol–water partition coefficient (Wildman–Crippen LogP) is 2.37. The number of nitrogens with zero attached hydrogens (tertiary/aromatic N) is 3. The third-order valence-corrected chi connectivity index (χ3v) is 3.05. The molecule has 2 rings (SSSR count). The molecule has 0 aromatic carbocycles. The summed E-state index contributed by atoms with van der Waals surface area (Å²) in [4.78, 5) is 12.5. The highest BCUT2D eigenvalue weighted by atomic mass is 35.6. The van der Waals surface area contributed by atoms with Crippen molar-refractivity contribution in [3.8, 4) is 0 Å². The van der Waals surface area contributed by atoms with Gasteiger partial charge in [-0.15, -0.1) is 0 Å². The van der Waals surface area contributed by atoms with E-state index in [1.165, 1.54) is 10.9 Å². The number of alkyl halides is 3. The largest absolute Gasteiger partial charge is 0.350 e. The summed E-state index contributed by atoms with van der Waals surface area (Å²) in [7, 11) is 0. The highest BCUT2D eigenvalue weighted by Crippen LogP contribution is 2.29. The molecule has 90 valence electrons. The van der Waals surface area contributed by atoms with Crippen molar-refractivity contribution in [2.24, 2.45) is 0 Å². The van der Waals surface area contributed by atoms with Gasteiger partial charge in [0.15, 0.2) is 0 Å². The van der Waals surface area contributed by atoms with Gasteiger partial charge in [-0.2, -0.15) is 9.78 Å². The van der Waals surface area contributed by atoms with Crippen LogP contribution in [0.2, 0.25) is 0 Å². The minimum atomic E-state index is -1.90. The number of halogens is 3. The topological polar surface area (TPSA) is 39.8 Å². The number of rotatable bonds is 1. The van der Waals surface area contributed by atoms with Crippen molar-refractivity contribution in [2.75, 3.05) is 0 Å². The van der Waals surface area contributed by atoms with Gasteiger partial charge in [0.1, 0.15) is 6.33 Å². The smallest absolute Gasteiger partial charge is 0.269 e. The van der Waals surface area contributed by atoms with Gasteiger partial charge < -0.3 is 0 Å². The van der Waals surface area contributed by atoms with Gasteiger partial charge >= 0.3 is 5.69 Å². The van der Waals surface area contributed by atoms with Crippen molar-refractivity contribution in [3.05, 3.63) is 41.1 Å². The van der Waals surface area contributed by atoms with Crippen molar-refractivity contribution >= 4 is 51.9 Å². The average Bonchev–Trinajstić information content (AvgIpc) is 2.60. The van der Waals surface area contributed by atoms with Gasteiger partial charge in [0, 0.05) is 4.86 Å². The van der Waals surface area contributed by atoms with E-state index in [0.29, 0.717) is 4.86 Å². The molecular formula is C9H6Cl3N3OS. The number of thiocarbonyl (C=S) groups is 1. The zero-order valence-corrected chi connectivity index (χ0v) is 11.3. The van der Waals surface area contributed by atoms with E-state index in [2.05, 4.69) is 5.10 Å². The van der Waals surface area contributed by atoms with E-state index >= 15 is 0 Å². The van der Waals surface area contributed by atoms with E-state index in [4.69, 9.17) is 47.0 Å². The normalized spacial score (nSPS) is 19.9. The quantitative estimate of drug-likeness (QED) is 0.590. The van der Waals surface area contributed by atoms with Gasteiger partial charge in [-0.1, -0.05) is 65.2 Å². The van der Waals surface area contributed by atoms with Crippen LogP contribution in [0.1, 0.15) is 6.04 Å². The molecule has 1 unspecified atom stereocenters. The summed E-state index contributed by atoms with van der Waals surface area (Å²) in [5.74, 6) is 0. The summed E-state index contributed by atoms with van der Waals surface area (Å²) in [5, 5.41) is 3.75. The van der Waals surface area contributed by atoms with Crippen LogP contribution >= 0.6 is 47.0 Å². The van der Waals surface area contributed by atoms with Crippen LogP contribution in [-0.2, 0) is 3.92 Å². The van der Waals surface area contributed by atoms with Crippen molar-refractivity contribution in [1.29, 1.82) is 0 Å². The number of allylic oxidation sites excluding steroid dienone is 4. The first kappa shape index (κ1) is 12.8. The van der Waals surface area contributed by atoms with Crippen LogP contribution in [0.3, 0.4) is 0 Å². The summed E-state index contributed by atoms with van der Waals surface area (Å²) in [6, 6.07) is -0.372. The Balaban J connectivity index is 2.46. The van der Waals surface area contributed by atoms with Crippen LogP contribution in [0.25, 0.3) is 0 Å². The molecule has 1 aromatic heterocycles. The Kier molecular flexibility index (Phi) is 3.45. The molecule has 0 radical (unpaired) electrons. The lowest BCUT2D eigenvalue weighted by Crippen LogP contribution is -2.34. The van der Waals surface area contributed by atoms with Crippen LogP contribution in [0.5, 0.6) is 0 Å². The monoisotopic (exact) mass is 309 g/mol. The van der Waals surface area contributed by atoms with Crippen LogP contribution < -0.4 is 5.69 Å². The lowest BCUT2D eigenvalue weighted by Gasteiger charge is -2.14. The van der Waals surface area contributed by atoms with Gasteiger partial charge in [-0.3, -0.25) is 4.57 Å². The molecule has 1 heterocycles. The Hall–Kier alpha value is -0.620. The van der Waals surface area contributed by atoms with E-state index in [0.717, 1.165) is 4.68 Å². The molecule has 1 aromatic rings. The van der Waals surface area contributed by atoms with Gasteiger partial charge in [0.2, 0.25) is 0 Å². The van der Waals surface area contributed by atoms with E-state index in [1.807, 2.05) is 0 Å². The first-order valence-corrected chi connectivity index (χ1v) is 6.07. The molecule has 0 spiro atoms. The summed E-state index contributed by atoms with van der Waals surface area (Å²) >= 11 is 22.0. The van der Waals surface area contributed by atoms with Crippen molar-refractivity contribution in [3.63, 3.8) is 0 Å². The molecular weight excluding hydrogens is 305 g/mol. The standard InChI is InChI=1S/C9H6Cl3N3OS/c10-9(11,12)15-8(16)14(5-13-15)6-3-1-2-4-7(6)17/h1-6H. The second-order valence-electron chi connectivity index (χ2n) is 3.29. The molecule has 0 saturated carbocycles. The fraction of sp³-hybridized carbons (Fsp3) is 0.222. The predicted molar refractivity (Wildman–Crippen MR) is 71.9 cm³/mol. The van der Waals surface area contributed by atoms with E-state index in [1.54, 1.807) is 24.3 Å². The molecule has 1 aliphatic carbocycles. The molecule has 0 aliphatic heterocycles. The Morgan fingerprint density at radius 3 is 2.59 bits per heavy atom. The fourth-order valence-electron chi connectivity index (χ4n) is 1.42. The molecule has 0 N–H and O–H groups in total. The zero-order valence-electron chi connectivity index (χ0n) is 8.26. The summed E-state index contributed by atoms with van der Waals surface area (Å²) in [6.07, 6.45) is 8.39. The van der Waals surface area contributed by atoms with Crippen LogP contribution in [0, 0.1) is 0 Å². The first-order chi connectivity index (χ1) is 7.91. The zero-order chi connectivity index (χ0) is 12.6. The summed E-state index contributed by atoms with van der Waals surface area (Å²) in [5.41, 5.74) is -0.530. The fourth-order valence-corrected chi connectivity index (χ4v) is 2.04. The highest BCUT2D eigenvalue weighted by Gasteiger charge is 2.29. The van der Waals surface area contributed by atoms with Crippen molar-refractivity contribution in [2.45, 2.75) is 9.96 Å². The molecule has 1 aliphatic rings. The van der Waals surface area contributed by atoms with Crippen molar-refractivity contribution in [1.82, 2.24) is 14.3 Å². The third-order valence-electron chi connectivity index (χ3n) is 2.19. The number of hydrogen-bond acceptors (Lipinski definition) is 3. The summed E-state index contributed by atoms with van der Waals surface area (Å²) < 4.78 is 0.175. The van der Waals surface area contributed by atoms with Crippen LogP contribution in [0.15, 0.2) is 35.4 Å². The highest BCUT2D eigenvalue weighted by molar-refractivity contribution is 7.80. The maximum absolute atomic E-state index is 12.0. The average molecular weight is 311 g/mol. The Morgan fingerprint density at radius 2 is 2.06 bits per heavy atom. The summed E-state index contributed by atoms with van der Waals surface area (Å²) in [6.45, 7) is 0. The number of hydrogen-bond donors (Lipinski definition) is 0. The minimum absolute atomic E-state index is 0.372. The molecule has 4 nitrogen and oxygen atoms in total. The van der Waals surface area contributed by atoms with Gasteiger partial charge in [0.05, 0.1) is 6.04 Å². The maximum atomic E-state index is 12.0. The Bertz CT molecular complexity index is 567. The van der Waals surface area contributed by atoms with Crippen LogP contribution in [0.4, 0.5) is 0 Å². The SMILES string of the molecule is O=c1n(C2C=CC=CC2=S)cnn1C(Cl)(Cl)Cl. The molecule has 17 heavy (non-hydrogen) atoms. The number of aromatic nitrogens is 3. The first-order valence-electron chi connectivity index (χ1n) is 4.53. The molecule has 8 heteroatoms. The van der Waals surface area contributed by atoms with Crippen LogP contribution in [-0.4, -0.2) is 19.2 Å². The third kappa shape index (κ3) is 2.47.